The van der Waals surface area contributed by atoms with Crippen molar-refractivity contribution in [2.45, 2.75) is 38.5 Å². The minimum absolute atomic E-state index is 0.0461. The van der Waals surface area contributed by atoms with Gasteiger partial charge in [0.2, 0.25) is 5.91 Å². The molecule has 0 aliphatic carbocycles. The summed E-state index contributed by atoms with van der Waals surface area (Å²) in [5.74, 6) is -3.67. The van der Waals surface area contributed by atoms with Gasteiger partial charge < -0.3 is 25.0 Å². The van der Waals surface area contributed by atoms with Crippen molar-refractivity contribution in [2.24, 2.45) is 0 Å². The number of aliphatic hydroxyl groups is 1. The van der Waals surface area contributed by atoms with Crippen molar-refractivity contribution in [1.29, 1.82) is 0 Å². The Balaban J connectivity index is 1.42. The number of ether oxygens (including phenoxy) is 1. The number of anilines is 2. The number of fused-ring (bicyclic) bond motifs is 1. The number of nitrogens with one attached hydrogen (secondary N) is 1. The van der Waals surface area contributed by atoms with Crippen LogP contribution in [0, 0.1) is 5.82 Å². The predicted molar refractivity (Wildman–Crippen MR) is 119 cm³/mol. The van der Waals surface area contributed by atoms with Gasteiger partial charge in [0.25, 0.3) is 11.7 Å². The molecule has 0 unspecified atom stereocenters. The lowest BCUT2D eigenvalue weighted by atomic mass is 10.0. The van der Waals surface area contributed by atoms with Gasteiger partial charge in [-0.3, -0.25) is 9.59 Å². The number of hydrogen-bond donors (Lipinski definition) is 2. The Morgan fingerprint density at radius 3 is 2.76 bits per heavy atom. The first kappa shape index (κ1) is 23.0. The molecule has 2 aromatic carbocycles. The molecule has 0 radical (unpaired) electrons. The monoisotopic (exact) mass is 475 g/mol. The van der Waals surface area contributed by atoms with Crippen LogP contribution in [0.4, 0.5) is 20.6 Å². The van der Waals surface area contributed by atoms with E-state index in [0.29, 0.717) is 17.8 Å². The molecule has 8 nitrogen and oxygen atoms in total. The lowest BCUT2D eigenvalue weighted by molar-refractivity contribution is -0.175. The summed E-state index contributed by atoms with van der Waals surface area (Å²) >= 11 is 5.79. The third-order valence-corrected chi connectivity index (χ3v) is 5.97. The molecule has 3 amide bonds. The van der Waals surface area contributed by atoms with E-state index in [1.165, 1.54) is 24.0 Å². The number of benzene rings is 2. The largest absolute Gasteiger partial charge is 0.410 e. The predicted octanol–water partition coefficient (Wildman–Crippen LogP) is 3.13. The third kappa shape index (κ3) is 4.79. The van der Waals surface area contributed by atoms with Gasteiger partial charge in [0.15, 0.2) is 0 Å². The van der Waals surface area contributed by atoms with Gasteiger partial charge in [0, 0.05) is 49.4 Å². The smallest absolute Gasteiger partial charge is 0.407 e. The fraction of sp³-hybridized carbons (Fsp3) is 0.348. The molecule has 1 fully saturated rings. The zero-order chi connectivity index (χ0) is 23.8. The summed E-state index contributed by atoms with van der Waals surface area (Å²) in [5.41, 5.74) is 2.70. The van der Waals surface area contributed by atoms with Gasteiger partial charge in [-0.25, -0.2) is 9.18 Å². The van der Waals surface area contributed by atoms with Crippen molar-refractivity contribution in [1.82, 2.24) is 5.32 Å². The van der Waals surface area contributed by atoms with Crippen LogP contribution in [0.1, 0.15) is 30.9 Å². The van der Waals surface area contributed by atoms with Gasteiger partial charge in [-0.1, -0.05) is 11.6 Å². The molecule has 2 aromatic rings. The molecule has 4 rings (SSSR count). The maximum absolute atomic E-state index is 13.4. The summed E-state index contributed by atoms with van der Waals surface area (Å²) in [6.45, 7) is 2.21. The van der Waals surface area contributed by atoms with E-state index < -0.39 is 23.6 Å². The first-order valence-corrected chi connectivity index (χ1v) is 10.9. The summed E-state index contributed by atoms with van der Waals surface area (Å²) in [7, 11) is 0. The number of halogens is 2. The molecule has 10 heteroatoms. The van der Waals surface area contributed by atoms with E-state index in [1.807, 2.05) is 6.07 Å². The quantitative estimate of drug-likeness (QED) is 0.662. The summed E-state index contributed by atoms with van der Waals surface area (Å²) in [4.78, 5) is 40.0. The van der Waals surface area contributed by atoms with Gasteiger partial charge >= 0.3 is 6.09 Å². The van der Waals surface area contributed by atoms with E-state index in [-0.39, 0.29) is 30.4 Å². The lowest BCUT2D eigenvalue weighted by Crippen LogP contribution is -2.46. The fourth-order valence-electron chi connectivity index (χ4n) is 4.18. The minimum Gasteiger partial charge on any atom is -0.407 e. The first-order valence-electron chi connectivity index (χ1n) is 10.5. The molecule has 174 valence electrons. The van der Waals surface area contributed by atoms with Crippen LogP contribution >= 0.6 is 11.6 Å². The van der Waals surface area contributed by atoms with Gasteiger partial charge in [0.05, 0.1) is 0 Å². The number of carbonyl (C=O) groups excluding carboxylic acids is 3. The number of nitrogens with zero attached hydrogens (tertiary/aromatic N) is 2. The van der Waals surface area contributed by atoms with E-state index in [2.05, 4.69) is 5.32 Å². The Labute approximate surface area is 194 Å². The summed E-state index contributed by atoms with van der Waals surface area (Å²) in [5, 5.41) is 13.3. The van der Waals surface area contributed by atoms with Gasteiger partial charge in [-0.2, -0.15) is 0 Å². The maximum Gasteiger partial charge on any atom is 0.410 e. The summed E-state index contributed by atoms with van der Waals surface area (Å²) in [6, 6.07) is 9.13. The Morgan fingerprint density at radius 2 is 2.03 bits per heavy atom. The van der Waals surface area contributed by atoms with Crippen LogP contribution in [-0.4, -0.2) is 41.9 Å². The number of aryl methyl sites for hydroxylation is 1. The molecule has 0 saturated carbocycles. The van der Waals surface area contributed by atoms with Crippen LogP contribution in [0.3, 0.4) is 0 Å². The Kier molecular flexibility index (Phi) is 6.27. The molecule has 2 aliphatic heterocycles. The van der Waals surface area contributed by atoms with Crippen molar-refractivity contribution in [3.8, 4) is 0 Å². The normalized spacial score (nSPS) is 19.9. The molecule has 0 spiro atoms. The van der Waals surface area contributed by atoms with Crippen molar-refractivity contribution in [3.05, 3.63) is 58.4 Å². The molecule has 2 heterocycles. The second-order valence-electron chi connectivity index (χ2n) is 8.10. The van der Waals surface area contributed by atoms with Crippen molar-refractivity contribution < 1.29 is 28.6 Å². The highest BCUT2D eigenvalue weighted by molar-refractivity contribution is 6.30. The molecule has 2 aliphatic rings. The highest BCUT2D eigenvalue weighted by Crippen LogP contribution is 2.35. The van der Waals surface area contributed by atoms with Gasteiger partial charge in [-0.05, 0) is 60.4 Å². The Bertz CT molecular complexity index is 1110. The fourth-order valence-corrected chi connectivity index (χ4v) is 4.42. The standard InChI is InChI=1S/C23H23ClFN3O5/c1-14(29)27-7-2-3-16-11-19(4-5-20(16)27)28-8-6-23(32,21(28)30)33-22(31)26-13-15-9-17(24)12-18(25)10-15/h4-5,9-12,32H,2-3,6-8,13H2,1H3,(H,26,31)/t23-/m1/s1. The zero-order valence-electron chi connectivity index (χ0n) is 17.9. The summed E-state index contributed by atoms with van der Waals surface area (Å²) < 4.78 is 18.5. The highest BCUT2D eigenvalue weighted by Gasteiger charge is 2.49. The average molecular weight is 476 g/mol. The molecule has 1 atom stereocenters. The Morgan fingerprint density at radius 1 is 1.24 bits per heavy atom. The first-order chi connectivity index (χ1) is 15.7. The Hall–Kier alpha value is -3.17. The van der Waals surface area contributed by atoms with Crippen LogP contribution in [0.15, 0.2) is 36.4 Å². The van der Waals surface area contributed by atoms with E-state index >= 15 is 0 Å². The molecule has 0 bridgehead atoms. The molecule has 33 heavy (non-hydrogen) atoms. The lowest BCUT2D eigenvalue weighted by Gasteiger charge is -2.30. The van der Waals surface area contributed by atoms with Crippen molar-refractivity contribution >= 4 is 40.9 Å². The van der Waals surface area contributed by atoms with E-state index in [9.17, 15) is 23.9 Å². The number of amides is 3. The van der Waals surface area contributed by atoms with E-state index in [4.69, 9.17) is 16.3 Å². The number of carbonyl (C=O) groups is 3. The number of hydrogen-bond acceptors (Lipinski definition) is 5. The van der Waals surface area contributed by atoms with Crippen molar-refractivity contribution in [3.63, 3.8) is 0 Å². The highest BCUT2D eigenvalue weighted by atomic mass is 35.5. The van der Waals surface area contributed by atoms with Crippen LogP contribution in [0.2, 0.25) is 5.02 Å². The number of alkyl carbamates (subject to hydrolysis) is 1. The van der Waals surface area contributed by atoms with E-state index in [0.717, 1.165) is 30.2 Å². The molecular formula is C23H23ClFN3O5. The van der Waals surface area contributed by atoms with E-state index in [1.54, 1.807) is 17.0 Å². The van der Waals surface area contributed by atoms with Crippen LogP contribution < -0.4 is 15.1 Å². The topological polar surface area (TPSA) is 99.2 Å². The molecule has 0 aromatic heterocycles. The minimum atomic E-state index is -2.31. The van der Waals surface area contributed by atoms with Crippen LogP contribution in [0.25, 0.3) is 0 Å². The molecule has 1 saturated heterocycles. The van der Waals surface area contributed by atoms with Crippen LogP contribution in [0.5, 0.6) is 0 Å². The average Bonchev–Trinajstić information content (AvgIpc) is 3.04. The van der Waals surface area contributed by atoms with Gasteiger partial charge in [0.1, 0.15) is 5.82 Å². The second-order valence-corrected chi connectivity index (χ2v) is 8.54. The van der Waals surface area contributed by atoms with Gasteiger partial charge in [-0.15, -0.1) is 0 Å². The SMILES string of the molecule is CC(=O)N1CCCc2cc(N3CC[C@@](O)(OC(=O)NCc4cc(F)cc(Cl)c4)C3=O)ccc21. The zero-order valence-corrected chi connectivity index (χ0v) is 18.7. The third-order valence-electron chi connectivity index (χ3n) is 5.75. The molecular weight excluding hydrogens is 453 g/mol. The van der Waals surface area contributed by atoms with Crippen LogP contribution in [-0.2, 0) is 27.3 Å². The van der Waals surface area contributed by atoms with Crippen molar-refractivity contribution in [2.75, 3.05) is 22.9 Å². The molecule has 2 N–H and O–H groups in total. The second kappa shape index (κ2) is 8.99. The summed E-state index contributed by atoms with van der Waals surface area (Å²) in [6.07, 6.45) is 0.452. The number of rotatable bonds is 4. The maximum atomic E-state index is 13.4.